The zero-order chi connectivity index (χ0) is 14.8. The molecule has 5 heteroatoms. The van der Waals surface area contributed by atoms with Crippen LogP contribution in [0.5, 0.6) is 0 Å². The number of hydrogen-bond donors (Lipinski definition) is 0. The Balaban J connectivity index is 2.30. The summed E-state index contributed by atoms with van der Waals surface area (Å²) in [6.45, 7) is 2.15. The van der Waals surface area contributed by atoms with Gasteiger partial charge in [0, 0.05) is 23.0 Å². The first kappa shape index (κ1) is 14.5. The lowest BCUT2D eigenvalue weighted by Crippen LogP contribution is -2.05. The maximum absolute atomic E-state index is 5.94. The van der Waals surface area contributed by atoms with E-state index in [1.165, 1.54) is 5.56 Å². The van der Waals surface area contributed by atoms with Crippen molar-refractivity contribution in [3.05, 3.63) is 52.4 Å². The van der Waals surface area contributed by atoms with Gasteiger partial charge in [-0.25, -0.2) is 9.97 Å². The number of fused-ring (bicyclic) bond motifs is 1. The number of nitrogens with zero attached hydrogens (tertiary/aromatic N) is 3. The third kappa shape index (κ3) is 2.70. The number of benzene rings is 1. The SMILES string of the molecule is CCc1cc(Br)ccc1-n1c(CCCl)nc2cccnc21. The lowest BCUT2D eigenvalue weighted by molar-refractivity contribution is 0.891. The number of aryl methyl sites for hydroxylation is 2. The van der Waals surface area contributed by atoms with Gasteiger partial charge in [-0.15, -0.1) is 11.6 Å². The zero-order valence-electron chi connectivity index (χ0n) is 11.7. The Kier molecular flexibility index (Phi) is 4.27. The van der Waals surface area contributed by atoms with Gasteiger partial charge >= 0.3 is 0 Å². The van der Waals surface area contributed by atoms with Gasteiger partial charge in [-0.05, 0) is 42.3 Å². The number of aromatic nitrogens is 3. The summed E-state index contributed by atoms with van der Waals surface area (Å²) in [6.07, 6.45) is 3.47. The molecule has 0 bridgehead atoms. The zero-order valence-corrected chi connectivity index (χ0v) is 14.0. The van der Waals surface area contributed by atoms with E-state index < -0.39 is 0 Å². The summed E-state index contributed by atoms with van der Waals surface area (Å²) in [5, 5.41) is 0. The van der Waals surface area contributed by atoms with Crippen LogP contribution < -0.4 is 0 Å². The fourth-order valence-corrected chi connectivity index (χ4v) is 3.10. The van der Waals surface area contributed by atoms with Crippen LogP contribution in [0, 0.1) is 0 Å². The Morgan fingerprint density at radius 3 is 2.90 bits per heavy atom. The van der Waals surface area contributed by atoms with Crippen LogP contribution in [0.2, 0.25) is 0 Å². The first-order valence-corrected chi connectivity index (χ1v) is 8.24. The predicted octanol–water partition coefficient (Wildman–Crippen LogP) is 4.53. The number of hydrogen-bond acceptors (Lipinski definition) is 2. The first-order valence-electron chi connectivity index (χ1n) is 6.91. The number of rotatable bonds is 4. The second-order valence-corrected chi connectivity index (χ2v) is 6.07. The highest BCUT2D eigenvalue weighted by Gasteiger charge is 2.15. The second-order valence-electron chi connectivity index (χ2n) is 4.78. The van der Waals surface area contributed by atoms with Crippen LogP contribution >= 0.6 is 27.5 Å². The number of halogens is 2. The molecule has 0 N–H and O–H groups in total. The predicted molar refractivity (Wildman–Crippen MR) is 90.4 cm³/mol. The van der Waals surface area contributed by atoms with Crippen LogP contribution in [0.25, 0.3) is 16.9 Å². The van der Waals surface area contributed by atoms with Crippen molar-refractivity contribution in [1.29, 1.82) is 0 Å². The maximum atomic E-state index is 5.94. The van der Waals surface area contributed by atoms with Crippen molar-refractivity contribution in [3.63, 3.8) is 0 Å². The van der Waals surface area contributed by atoms with E-state index in [-0.39, 0.29) is 0 Å². The molecule has 0 fully saturated rings. The minimum absolute atomic E-state index is 0.543. The summed E-state index contributed by atoms with van der Waals surface area (Å²) in [6, 6.07) is 10.2. The Labute approximate surface area is 137 Å². The fourth-order valence-electron chi connectivity index (χ4n) is 2.52. The molecule has 0 saturated heterocycles. The van der Waals surface area contributed by atoms with Crippen LogP contribution in [-0.4, -0.2) is 20.4 Å². The molecule has 0 aliphatic rings. The highest BCUT2D eigenvalue weighted by molar-refractivity contribution is 9.10. The van der Waals surface area contributed by atoms with Gasteiger partial charge < -0.3 is 0 Å². The van der Waals surface area contributed by atoms with Gasteiger partial charge in [0.05, 0.1) is 5.69 Å². The van der Waals surface area contributed by atoms with Gasteiger partial charge in [0.2, 0.25) is 0 Å². The Hall–Kier alpha value is -1.39. The van der Waals surface area contributed by atoms with E-state index in [0.29, 0.717) is 5.88 Å². The lowest BCUT2D eigenvalue weighted by atomic mass is 10.1. The van der Waals surface area contributed by atoms with Gasteiger partial charge in [0.25, 0.3) is 0 Å². The first-order chi connectivity index (χ1) is 10.2. The molecular formula is C16H15BrClN3. The quantitative estimate of drug-likeness (QED) is 0.637. The topological polar surface area (TPSA) is 30.7 Å². The molecule has 21 heavy (non-hydrogen) atoms. The van der Waals surface area contributed by atoms with Crippen molar-refractivity contribution in [2.75, 3.05) is 5.88 Å². The van der Waals surface area contributed by atoms with Crippen LogP contribution in [0.1, 0.15) is 18.3 Å². The minimum Gasteiger partial charge on any atom is -0.280 e. The van der Waals surface area contributed by atoms with E-state index >= 15 is 0 Å². The molecule has 0 spiro atoms. The fraction of sp³-hybridized carbons (Fsp3) is 0.250. The highest BCUT2D eigenvalue weighted by atomic mass is 79.9. The molecule has 0 amide bonds. The molecule has 0 unspecified atom stereocenters. The molecular weight excluding hydrogens is 350 g/mol. The molecule has 3 rings (SSSR count). The molecule has 2 heterocycles. The molecule has 108 valence electrons. The Morgan fingerprint density at radius 2 is 2.14 bits per heavy atom. The monoisotopic (exact) mass is 363 g/mol. The molecule has 0 atom stereocenters. The van der Waals surface area contributed by atoms with Gasteiger partial charge in [-0.2, -0.15) is 0 Å². The van der Waals surface area contributed by atoms with E-state index in [2.05, 4.69) is 49.5 Å². The number of imidazole rings is 1. The smallest absolute Gasteiger partial charge is 0.164 e. The Morgan fingerprint density at radius 1 is 1.29 bits per heavy atom. The standard InChI is InChI=1S/C16H15BrClN3/c1-2-11-10-12(17)5-6-14(11)21-15(7-8-18)20-13-4-3-9-19-16(13)21/h3-6,9-10H,2,7-8H2,1H3. The van der Waals surface area contributed by atoms with E-state index in [0.717, 1.165) is 40.0 Å². The van der Waals surface area contributed by atoms with E-state index in [1.54, 1.807) is 6.20 Å². The van der Waals surface area contributed by atoms with Crippen molar-refractivity contribution in [1.82, 2.24) is 14.5 Å². The largest absolute Gasteiger partial charge is 0.280 e. The maximum Gasteiger partial charge on any atom is 0.164 e. The molecule has 0 aliphatic heterocycles. The summed E-state index contributed by atoms with van der Waals surface area (Å²) in [7, 11) is 0. The lowest BCUT2D eigenvalue weighted by Gasteiger charge is -2.13. The molecule has 3 aromatic rings. The number of pyridine rings is 1. The van der Waals surface area contributed by atoms with Crippen molar-refractivity contribution in [2.24, 2.45) is 0 Å². The van der Waals surface area contributed by atoms with E-state index in [1.807, 2.05) is 18.2 Å². The van der Waals surface area contributed by atoms with Gasteiger partial charge in [0.1, 0.15) is 11.3 Å². The number of alkyl halides is 1. The van der Waals surface area contributed by atoms with Crippen molar-refractivity contribution in [2.45, 2.75) is 19.8 Å². The summed E-state index contributed by atoms with van der Waals surface area (Å²) < 4.78 is 3.21. The molecule has 1 aromatic carbocycles. The summed E-state index contributed by atoms with van der Waals surface area (Å²) in [4.78, 5) is 9.18. The summed E-state index contributed by atoms with van der Waals surface area (Å²) in [5.74, 6) is 1.50. The molecule has 0 aliphatic carbocycles. The van der Waals surface area contributed by atoms with E-state index in [4.69, 9.17) is 11.6 Å². The van der Waals surface area contributed by atoms with Crippen molar-refractivity contribution >= 4 is 38.7 Å². The van der Waals surface area contributed by atoms with Crippen LogP contribution in [-0.2, 0) is 12.8 Å². The molecule has 2 aromatic heterocycles. The highest BCUT2D eigenvalue weighted by Crippen LogP contribution is 2.26. The van der Waals surface area contributed by atoms with Crippen molar-refractivity contribution in [3.8, 4) is 5.69 Å². The third-order valence-electron chi connectivity index (χ3n) is 3.47. The van der Waals surface area contributed by atoms with Crippen LogP contribution in [0.4, 0.5) is 0 Å². The molecule has 0 saturated carbocycles. The average Bonchev–Trinajstić information content (AvgIpc) is 2.85. The molecule has 3 nitrogen and oxygen atoms in total. The van der Waals surface area contributed by atoms with Gasteiger partial charge in [-0.1, -0.05) is 22.9 Å². The van der Waals surface area contributed by atoms with Gasteiger partial charge in [0.15, 0.2) is 5.65 Å². The summed E-state index contributed by atoms with van der Waals surface area (Å²) >= 11 is 9.48. The van der Waals surface area contributed by atoms with E-state index in [9.17, 15) is 0 Å². The minimum atomic E-state index is 0.543. The third-order valence-corrected chi connectivity index (χ3v) is 4.15. The Bertz CT molecular complexity index is 782. The summed E-state index contributed by atoms with van der Waals surface area (Å²) in [5.41, 5.74) is 4.17. The average molecular weight is 365 g/mol. The van der Waals surface area contributed by atoms with Gasteiger partial charge in [-0.3, -0.25) is 4.57 Å². The normalized spacial score (nSPS) is 11.2. The van der Waals surface area contributed by atoms with Crippen molar-refractivity contribution < 1.29 is 0 Å². The second kappa shape index (κ2) is 6.16. The molecule has 0 radical (unpaired) electrons. The van der Waals surface area contributed by atoms with Crippen LogP contribution in [0.3, 0.4) is 0 Å². The van der Waals surface area contributed by atoms with Crippen LogP contribution in [0.15, 0.2) is 41.0 Å².